The second-order valence-corrected chi connectivity index (χ2v) is 7.42. The summed E-state index contributed by atoms with van der Waals surface area (Å²) in [6.45, 7) is 3.34. The number of fused-ring (bicyclic) bond motifs is 1. The molecular formula is C20H24ClN3O2S. The molecule has 0 aliphatic carbocycles. The van der Waals surface area contributed by atoms with Crippen LogP contribution in [-0.2, 0) is 4.79 Å². The maximum Gasteiger partial charge on any atom is 0.266 e. The number of benzene rings is 2. The molecule has 0 saturated carbocycles. The van der Waals surface area contributed by atoms with Crippen LogP contribution in [0.15, 0.2) is 48.5 Å². The Kier molecular flexibility index (Phi) is 7.59. The van der Waals surface area contributed by atoms with Crippen molar-refractivity contribution in [2.45, 2.75) is 6.92 Å². The first-order valence-corrected chi connectivity index (χ1v) is 9.35. The van der Waals surface area contributed by atoms with E-state index in [0.29, 0.717) is 17.4 Å². The number of amides is 1. The number of anilines is 1. The van der Waals surface area contributed by atoms with Gasteiger partial charge in [0.05, 0.1) is 10.2 Å². The number of ether oxygens (including phenoxy) is 1. The van der Waals surface area contributed by atoms with Gasteiger partial charge in [-0.1, -0.05) is 41.2 Å². The van der Waals surface area contributed by atoms with Crippen molar-refractivity contribution in [3.63, 3.8) is 0 Å². The van der Waals surface area contributed by atoms with Gasteiger partial charge in [-0.05, 0) is 45.3 Å². The van der Waals surface area contributed by atoms with Crippen molar-refractivity contribution in [3.05, 3.63) is 54.1 Å². The lowest BCUT2D eigenvalue weighted by atomic mass is 10.2. The Morgan fingerprint density at radius 2 is 1.78 bits per heavy atom. The van der Waals surface area contributed by atoms with E-state index < -0.39 is 0 Å². The Labute approximate surface area is 170 Å². The smallest absolute Gasteiger partial charge is 0.266 e. The van der Waals surface area contributed by atoms with Gasteiger partial charge < -0.3 is 9.64 Å². The topological polar surface area (TPSA) is 45.7 Å². The van der Waals surface area contributed by atoms with Gasteiger partial charge in [-0.2, -0.15) is 0 Å². The van der Waals surface area contributed by atoms with E-state index >= 15 is 0 Å². The SMILES string of the molecule is Cc1ccc(OCC(=O)N(CCN(C)C)c2nc3ccccc3s2)cc1.Cl. The van der Waals surface area contributed by atoms with Crippen molar-refractivity contribution < 1.29 is 9.53 Å². The number of carbonyl (C=O) groups is 1. The van der Waals surface area contributed by atoms with Crippen LogP contribution in [0.25, 0.3) is 10.2 Å². The lowest BCUT2D eigenvalue weighted by Gasteiger charge is -2.22. The summed E-state index contributed by atoms with van der Waals surface area (Å²) in [6.07, 6.45) is 0. The van der Waals surface area contributed by atoms with Crippen LogP contribution in [0.4, 0.5) is 5.13 Å². The van der Waals surface area contributed by atoms with Gasteiger partial charge >= 0.3 is 0 Å². The lowest BCUT2D eigenvalue weighted by molar-refractivity contribution is -0.120. The lowest BCUT2D eigenvalue weighted by Crippen LogP contribution is -2.39. The summed E-state index contributed by atoms with van der Waals surface area (Å²) in [5.74, 6) is 0.604. The molecule has 7 heteroatoms. The first-order chi connectivity index (χ1) is 12.5. The van der Waals surface area contributed by atoms with E-state index in [1.165, 1.54) is 11.3 Å². The summed E-state index contributed by atoms with van der Waals surface area (Å²) in [5.41, 5.74) is 2.07. The van der Waals surface area contributed by atoms with Gasteiger partial charge in [-0.15, -0.1) is 12.4 Å². The Morgan fingerprint density at radius 1 is 1.07 bits per heavy atom. The standard InChI is InChI=1S/C20H23N3O2S.ClH/c1-15-8-10-16(11-9-15)25-14-19(24)23(13-12-22(2)3)20-21-17-6-4-5-7-18(17)26-20;/h4-11H,12-14H2,1-3H3;1H. The molecule has 0 aliphatic heterocycles. The average Bonchev–Trinajstić information content (AvgIpc) is 3.05. The molecule has 2 aromatic carbocycles. The van der Waals surface area contributed by atoms with Gasteiger partial charge in [0, 0.05) is 13.1 Å². The number of nitrogens with zero attached hydrogens (tertiary/aromatic N) is 3. The molecule has 144 valence electrons. The number of aromatic nitrogens is 1. The van der Waals surface area contributed by atoms with Crippen LogP contribution in [-0.4, -0.2) is 49.6 Å². The second-order valence-electron chi connectivity index (χ2n) is 6.41. The third kappa shape index (κ3) is 5.66. The maximum absolute atomic E-state index is 12.8. The highest BCUT2D eigenvalue weighted by atomic mass is 35.5. The van der Waals surface area contributed by atoms with Crippen LogP contribution in [0.3, 0.4) is 0 Å². The zero-order valence-corrected chi connectivity index (χ0v) is 17.3. The molecule has 5 nitrogen and oxygen atoms in total. The summed E-state index contributed by atoms with van der Waals surface area (Å²) < 4.78 is 6.75. The average molecular weight is 406 g/mol. The number of hydrogen-bond acceptors (Lipinski definition) is 5. The second kappa shape index (κ2) is 9.69. The summed E-state index contributed by atoms with van der Waals surface area (Å²) in [4.78, 5) is 21.2. The zero-order valence-electron chi connectivity index (χ0n) is 15.7. The third-order valence-electron chi connectivity index (χ3n) is 3.97. The van der Waals surface area contributed by atoms with E-state index in [1.54, 1.807) is 4.90 Å². The highest BCUT2D eigenvalue weighted by molar-refractivity contribution is 7.22. The molecule has 0 saturated heterocycles. The van der Waals surface area contributed by atoms with E-state index in [0.717, 1.165) is 22.3 Å². The minimum Gasteiger partial charge on any atom is -0.484 e. The summed E-state index contributed by atoms with van der Waals surface area (Å²) in [7, 11) is 3.98. The van der Waals surface area contributed by atoms with E-state index in [2.05, 4.69) is 9.88 Å². The van der Waals surface area contributed by atoms with E-state index in [-0.39, 0.29) is 24.9 Å². The number of aryl methyl sites for hydroxylation is 1. The Morgan fingerprint density at radius 3 is 2.44 bits per heavy atom. The number of carbonyl (C=O) groups excluding carboxylic acids is 1. The number of para-hydroxylation sites is 1. The van der Waals surface area contributed by atoms with E-state index in [9.17, 15) is 4.79 Å². The molecule has 3 aromatic rings. The van der Waals surface area contributed by atoms with Crippen LogP contribution in [0.1, 0.15) is 5.56 Å². The molecule has 1 heterocycles. The molecule has 0 fully saturated rings. The van der Waals surface area contributed by atoms with Crippen LogP contribution in [0.2, 0.25) is 0 Å². The fraction of sp³-hybridized carbons (Fsp3) is 0.300. The number of halogens is 1. The predicted octanol–water partition coefficient (Wildman–Crippen LogP) is 4.00. The minimum absolute atomic E-state index is 0. The van der Waals surface area contributed by atoms with Crippen molar-refractivity contribution in [1.29, 1.82) is 0 Å². The quantitative estimate of drug-likeness (QED) is 0.596. The Balaban J connectivity index is 0.00000261. The number of thiazole rings is 1. The third-order valence-corrected chi connectivity index (χ3v) is 5.03. The molecule has 0 radical (unpaired) electrons. The van der Waals surface area contributed by atoms with Gasteiger partial charge in [0.2, 0.25) is 0 Å². The number of likely N-dealkylation sites (N-methyl/N-ethyl adjacent to an activating group) is 1. The van der Waals surface area contributed by atoms with Crippen molar-refractivity contribution in [2.75, 3.05) is 38.7 Å². The van der Waals surface area contributed by atoms with E-state index in [1.807, 2.05) is 69.6 Å². The summed E-state index contributed by atoms with van der Waals surface area (Å²) >= 11 is 1.53. The fourth-order valence-electron chi connectivity index (χ4n) is 2.46. The van der Waals surface area contributed by atoms with Gasteiger partial charge in [0.25, 0.3) is 5.91 Å². The minimum atomic E-state index is -0.0912. The molecule has 0 spiro atoms. The van der Waals surface area contributed by atoms with Gasteiger partial charge in [0.1, 0.15) is 5.75 Å². The molecule has 0 bridgehead atoms. The van der Waals surface area contributed by atoms with Gasteiger partial charge in [-0.3, -0.25) is 9.69 Å². The van der Waals surface area contributed by atoms with Gasteiger partial charge in [-0.25, -0.2) is 4.98 Å². The molecule has 0 unspecified atom stereocenters. The monoisotopic (exact) mass is 405 g/mol. The van der Waals surface area contributed by atoms with Crippen molar-refractivity contribution in [2.24, 2.45) is 0 Å². The summed E-state index contributed by atoms with van der Waals surface area (Å²) in [5, 5.41) is 0.713. The molecule has 27 heavy (non-hydrogen) atoms. The Hall–Kier alpha value is -2.15. The molecule has 0 atom stereocenters. The van der Waals surface area contributed by atoms with Crippen molar-refractivity contribution in [1.82, 2.24) is 9.88 Å². The molecule has 1 amide bonds. The molecular weight excluding hydrogens is 382 g/mol. The normalized spacial score (nSPS) is 10.7. The fourth-order valence-corrected chi connectivity index (χ4v) is 3.47. The van der Waals surface area contributed by atoms with Crippen LogP contribution in [0.5, 0.6) is 5.75 Å². The van der Waals surface area contributed by atoms with Crippen LogP contribution >= 0.6 is 23.7 Å². The molecule has 0 N–H and O–H groups in total. The highest BCUT2D eigenvalue weighted by Gasteiger charge is 2.20. The first kappa shape index (κ1) is 21.2. The van der Waals surface area contributed by atoms with E-state index in [4.69, 9.17) is 4.74 Å². The highest BCUT2D eigenvalue weighted by Crippen LogP contribution is 2.28. The zero-order chi connectivity index (χ0) is 18.5. The van der Waals surface area contributed by atoms with Crippen molar-refractivity contribution >= 4 is 45.0 Å². The van der Waals surface area contributed by atoms with Crippen LogP contribution < -0.4 is 9.64 Å². The number of rotatable bonds is 7. The van der Waals surface area contributed by atoms with Gasteiger partial charge in [0.15, 0.2) is 11.7 Å². The summed E-state index contributed by atoms with van der Waals surface area (Å²) in [6, 6.07) is 15.6. The molecule has 1 aromatic heterocycles. The Bertz CT molecular complexity index is 847. The number of hydrogen-bond donors (Lipinski definition) is 0. The largest absolute Gasteiger partial charge is 0.484 e. The predicted molar refractivity (Wildman–Crippen MR) is 114 cm³/mol. The van der Waals surface area contributed by atoms with Crippen molar-refractivity contribution in [3.8, 4) is 5.75 Å². The first-order valence-electron chi connectivity index (χ1n) is 8.53. The maximum atomic E-state index is 12.8. The van der Waals surface area contributed by atoms with Crippen LogP contribution in [0, 0.1) is 6.92 Å². The molecule has 3 rings (SSSR count). The molecule has 0 aliphatic rings.